The van der Waals surface area contributed by atoms with Gasteiger partial charge >= 0.3 is 21.1 Å². The van der Waals surface area contributed by atoms with E-state index in [-0.39, 0.29) is 31.9 Å². The topological polar surface area (TPSA) is 79.8 Å². The SMILES string of the molecule is CC(C)(C)c1cccc(-c2c3nc(c(-c4cccc(C(C)(C)C)c4)c4[n-]c(nc5nc(nc6[n-]c2c2cc7ccccc7cc62)-c2cc6ccccc6cc2-5)c2cc5ccccc5cc42)-c2cc4ccccc4cc2-3)c1.[Pt+2]. The predicted molar refractivity (Wildman–Crippen MR) is 317 cm³/mol. The molecule has 3 aromatic heterocycles. The van der Waals surface area contributed by atoms with E-state index in [4.69, 9.17) is 29.9 Å². The molecule has 15 rings (SSSR count). The van der Waals surface area contributed by atoms with Crippen molar-refractivity contribution >= 4 is 87.0 Å². The van der Waals surface area contributed by atoms with E-state index in [0.29, 0.717) is 22.9 Å². The molecular weight excluding hydrogens is 1120 g/mol. The first-order chi connectivity index (χ1) is 36.9. The standard InChI is InChI=1S/C70H50N6.Pt/c1-69(2,3)49-27-15-25-47(29-49)59-61-51-31-39-17-7-8-18-40(39)32-52(51)62(71-61)60(48-26-16-28-50(30-48)70(4,5)6)64-54-34-42-20-10-12-22-44(42)36-56(54)66(73-64)75-68-58-38-46-24-14-13-23-45(46)37-57(58)67(76-68)74-65-55-35-43-21-11-9-19-41(43)33-53(55)63(59)72-65;/h7-38H,1-6H3;/q-2;+2. The van der Waals surface area contributed by atoms with Crippen LogP contribution in [0.1, 0.15) is 52.7 Å². The molecule has 0 saturated carbocycles. The van der Waals surface area contributed by atoms with Crippen LogP contribution in [0, 0.1) is 0 Å². The number of hydrogen-bond donors (Lipinski definition) is 0. The smallest absolute Gasteiger partial charge is 0.435 e. The van der Waals surface area contributed by atoms with Crippen molar-refractivity contribution in [1.82, 2.24) is 29.9 Å². The number of benzene rings is 10. The van der Waals surface area contributed by atoms with Gasteiger partial charge in [-0.25, -0.2) is 4.98 Å². The molecule has 5 heterocycles. The van der Waals surface area contributed by atoms with Crippen LogP contribution in [0.4, 0.5) is 0 Å². The second-order valence-corrected chi connectivity index (χ2v) is 22.8. The molecule has 13 aromatic rings. The average molecular weight is 1170 g/mol. The van der Waals surface area contributed by atoms with Crippen molar-refractivity contribution in [3.8, 4) is 67.5 Å². The van der Waals surface area contributed by atoms with E-state index < -0.39 is 0 Å². The molecule has 0 spiro atoms. The van der Waals surface area contributed by atoms with E-state index in [9.17, 15) is 0 Å². The minimum absolute atomic E-state index is 0. The molecule has 0 atom stereocenters. The van der Waals surface area contributed by atoms with Crippen molar-refractivity contribution in [3.05, 3.63) is 205 Å². The Morgan fingerprint density at radius 3 is 0.987 bits per heavy atom. The Bertz CT molecular complexity index is 4550. The normalized spacial score (nSPS) is 12.4. The molecule has 370 valence electrons. The van der Waals surface area contributed by atoms with Gasteiger partial charge in [0.05, 0.1) is 23.0 Å². The number of hydrogen-bond acceptors (Lipinski definition) is 4. The predicted octanol–water partition coefficient (Wildman–Crippen LogP) is 17.9. The Morgan fingerprint density at radius 2 is 0.636 bits per heavy atom. The fourth-order valence-corrected chi connectivity index (χ4v) is 11.7. The van der Waals surface area contributed by atoms with Crippen molar-refractivity contribution in [2.75, 3.05) is 0 Å². The van der Waals surface area contributed by atoms with E-state index in [2.05, 4.69) is 236 Å². The van der Waals surface area contributed by atoms with Crippen LogP contribution in [-0.2, 0) is 31.9 Å². The van der Waals surface area contributed by atoms with Crippen LogP contribution < -0.4 is 9.97 Å². The third-order valence-corrected chi connectivity index (χ3v) is 15.8. The summed E-state index contributed by atoms with van der Waals surface area (Å²) in [4.78, 5) is 34.2. The Labute approximate surface area is 460 Å². The zero-order valence-corrected chi connectivity index (χ0v) is 45.7. The summed E-state index contributed by atoms with van der Waals surface area (Å²) in [6.45, 7) is 13.7. The quantitative estimate of drug-likeness (QED) is 0.172. The fraction of sp³-hybridized carbons (Fsp3) is 0.114. The van der Waals surface area contributed by atoms with Gasteiger partial charge in [0.15, 0.2) is 0 Å². The summed E-state index contributed by atoms with van der Waals surface area (Å²) in [5.41, 5.74) is 14.4. The molecule has 0 radical (unpaired) electrons. The molecule has 10 aromatic carbocycles. The van der Waals surface area contributed by atoms with Crippen molar-refractivity contribution in [3.63, 3.8) is 0 Å². The number of fused-ring (bicyclic) bond motifs is 24. The summed E-state index contributed by atoms with van der Waals surface area (Å²) in [7, 11) is 0. The van der Waals surface area contributed by atoms with E-state index >= 15 is 0 Å². The van der Waals surface area contributed by atoms with Crippen molar-refractivity contribution in [2.24, 2.45) is 0 Å². The zero-order valence-electron chi connectivity index (χ0n) is 43.5. The van der Waals surface area contributed by atoms with Gasteiger partial charge in [-0.15, -0.1) is 0 Å². The Hall–Kier alpha value is -8.57. The van der Waals surface area contributed by atoms with Gasteiger partial charge in [0.1, 0.15) is 0 Å². The van der Waals surface area contributed by atoms with Crippen molar-refractivity contribution in [2.45, 2.75) is 52.4 Å². The molecule has 8 bridgehead atoms. The second kappa shape index (κ2) is 17.2. The van der Waals surface area contributed by atoms with Crippen molar-refractivity contribution in [1.29, 1.82) is 0 Å². The van der Waals surface area contributed by atoms with Crippen LogP contribution in [-0.4, -0.2) is 19.9 Å². The van der Waals surface area contributed by atoms with Crippen LogP contribution >= 0.6 is 0 Å². The summed E-state index contributed by atoms with van der Waals surface area (Å²) in [5.74, 6) is 1.11. The van der Waals surface area contributed by atoms with Crippen LogP contribution in [0.5, 0.6) is 0 Å². The molecule has 2 aliphatic heterocycles. The first kappa shape index (κ1) is 46.9. The van der Waals surface area contributed by atoms with Crippen LogP contribution in [0.2, 0.25) is 0 Å². The molecule has 2 aliphatic rings. The van der Waals surface area contributed by atoms with Gasteiger partial charge in [-0.1, -0.05) is 187 Å². The first-order valence-corrected chi connectivity index (χ1v) is 26.3. The Balaban J connectivity index is 0.00000540. The molecule has 0 saturated heterocycles. The van der Waals surface area contributed by atoms with Crippen LogP contribution in [0.25, 0.3) is 155 Å². The Morgan fingerprint density at radius 1 is 0.312 bits per heavy atom. The second-order valence-electron chi connectivity index (χ2n) is 22.8. The zero-order chi connectivity index (χ0) is 51.2. The molecule has 6 nitrogen and oxygen atoms in total. The van der Waals surface area contributed by atoms with Gasteiger partial charge < -0.3 is 19.9 Å². The van der Waals surface area contributed by atoms with Gasteiger partial charge in [-0.05, 0) is 169 Å². The van der Waals surface area contributed by atoms with Gasteiger partial charge in [-0.3, -0.25) is 4.98 Å². The summed E-state index contributed by atoms with van der Waals surface area (Å²) in [5, 5.41) is 12.7. The van der Waals surface area contributed by atoms with Crippen LogP contribution in [0.3, 0.4) is 0 Å². The maximum atomic E-state index is 6.11. The van der Waals surface area contributed by atoms with Gasteiger partial charge in [0.25, 0.3) is 0 Å². The molecule has 0 fully saturated rings. The number of nitrogens with zero attached hydrogens (tertiary/aromatic N) is 6. The van der Waals surface area contributed by atoms with Gasteiger partial charge in [0.2, 0.25) is 0 Å². The molecule has 0 unspecified atom stereocenters. The summed E-state index contributed by atoms with van der Waals surface area (Å²) in [6, 6.07) is 70.4. The monoisotopic (exact) mass is 1170 g/mol. The summed E-state index contributed by atoms with van der Waals surface area (Å²) < 4.78 is 0. The molecule has 0 amide bonds. The van der Waals surface area contributed by atoms with Crippen LogP contribution in [0.15, 0.2) is 194 Å². The third-order valence-electron chi connectivity index (χ3n) is 15.8. The minimum atomic E-state index is -0.140. The Kier molecular flexibility index (Phi) is 10.5. The maximum absolute atomic E-state index is 6.11. The molecule has 7 heteroatoms. The van der Waals surface area contributed by atoms with E-state index in [1.54, 1.807) is 0 Å². The maximum Gasteiger partial charge on any atom is 2.00 e. The van der Waals surface area contributed by atoms with E-state index in [1.807, 2.05) is 0 Å². The molecular formula is C70H50N6Pt. The fourth-order valence-electron chi connectivity index (χ4n) is 11.7. The van der Waals surface area contributed by atoms with E-state index in [0.717, 1.165) is 132 Å². The summed E-state index contributed by atoms with van der Waals surface area (Å²) in [6.07, 6.45) is 0. The van der Waals surface area contributed by atoms with Crippen molar-refractivity contribution < 1.29 is 21.1 Å². The molecule has 0 N–H and O–H groups in total. The molecule has 0 aliphatic carbocycles. The number of aromatic nitrogens is 6. The van der Waals surface area contributed by atoms with Gasteiger partial charge in [0, 0.05) is 33.4 Å². The number of rotatable bonds is 2. The minimum Gasteiger partial charge on any atom is -0.435 e. The van der Waals surface area contributed by atoms with E-state index in [1.165, 1.54) is 11.1 Å². The first-order valence-electron chi connectivity index (χ1n) is 26.3. The largest absolute Gasteiger partial charge is 2.00 e. The van der Waals surface area contributed by atoms with Gasteiger partial charge in [-0.2, -0.15) is 0 Å². The average Bonchev–Trinajstić information content (AvgIpc) is 4.36. The molecule has 77 heavy (non-hydrogen) atoms. The summed E-state index contributed by atoms with van der Waals surface area (Å²) >= 11 is 0. The third kappa shape index (κ3) is 7.56.